The number of aryl methyl sites for hydroxylation is 1. The van der Waals surface area contributed by atoms with Crippen LogP contribution in [0.2, 0.25) is 0 Å². The van der Waals surface area contributed by atoms with E-state index >= 15 is 0 Å². The zero-order chi connectivity index (χ0) is 27.0. The van der Waals surface area contributed by atoms with Crippen LogP contribution in [-0.4, -0.2) is 39.0 Å². The lowest BCUT2D eigenvalue weighted by molar-refractivity contribution is 0.0602. The first-order chi connectivity index (χ1) is 19.0. The van der Waals surface area contributed by atoms with Crippen molar-refractivity contribution in [3.8, 4) is 28.6 Å². The zero-order valence-electron chi connectivity index (χ0n) is 21.6. The van der Waals surface area contributed by atoms with Crippen molar-refractivity contribution in [1.29, 1.82) is 0 Å². The molecule has 0 aliphatic heterocycles. The molecule has 1 atom stereocenters. The molecule has 8 heteroatoms. The van der Waals surface area contributed by atoms with Gasteiger partial charge in [0, 0.05) is 25.7 Å². The Morgan fingerprint density at radius 3 is 2.31 bits per heavy atom. The fraction of sp³-hybridized carbons (Fsp3) is 0.194. The minimum absolute atomic E-state index is 0.135. The summed E-state index contributed by atoms with van der Waals surface area (Å²) in [5, 5.41) is 15.7. The van der Waals surface area contributed by atoms with Crippen LogP contribution in [0.5, 0.6) is 17.4 Å². The van der Waals surface area contributed by atoms with Gasteiger partial charge in [0.1, 0.15) is 41.5 Å². The van der Waals surface area contributed by atoms with Gasteiger partial charge >= 0.3 is 0 Å². The number of furan rings is 1. The molecule has 0 saturated carbocycles. The second-order valence-corrected chi connectivity index (χ2v) is 9.20. The van der Waals surface area contributed by atoms with Crippen molar-refractivity contribution < 1.29 is 23.4 Å². The van der Waals surface area contributed by atoms with Gasteiger partial charge in [-0.2, -0.15) is 5.10 Å². The summed E-state index contributed by atoms with van der Waals surface area (Å²) in [4.78, 5) is 2.07. The number of hydrogen-bond acceptors (Lipinski definition) is 6. The lowest BCUT2D eigenvalue weighted by Crippen LogP contribution is -2.35. The third-order valence-corrected chi connectivity index (χ3v) is 6.16. The van der Waals surface area contributed by atoms with Crippen LogP contribution in [0.25, 0.3) is 11.3 Å². The summed E-state index contributed by atoms with van der Waals surface area (Å²) in [6, 6.07) is 28.9. The number of aliphatic hydroxyl groups is 1. The molecule has 2 heterocycles. The second kappa shape index (κ2) is 12.4. The van der Waals surface area contributed by atoms with Gasteiger partial charge < -0.3 is 19.0 Å². The number of ether oxygens (including phenoxy) is 2. The van der Waals surface area contributed by atoms with Crippen molar-refractivity contribution in [2.24, 2.45) is 7.05 Å². The summed E-state index contributed by atoms with van der Waals surface area (Å²) in [5.74, 6) is 2.14. The standard InChI is InChI=1S/C31H30FN3O4/c1-34-31(39-27-16-14-24(32)15-17-27)29(30(33-34)23-9-4-2-5-10-23)21-35(20-28-13-8-18-37-28)19-25(36)22-38-26-11-6-3-7-12-26/h2-18,25,36H,19-22H2,1H3. The maximum atomic E-state index is 13.5. The number of hydrogen-bond donors (Lipinski definition) is 1. The highest BCUT2D eigenvalue weighted by Gasteiger charge is 2.24. The maximum absolute atomic E-state index is 13.5. The number of halogens is 1. The molecule has 200 valence electrons. The van der Waals surface area contributed by atoms with Gasteiger partial charge in [-0.1, -0.05) is 48.5 Å². The minimum atomic E-state index is -0.765. The number of aromatic nitrogens is 2. The first-order valence-corrected chi connectivity index (χ1v) is 12.7. The summed E-state index contributed by atoms with van der Waals surface area (Å²) in [5.41, 5.74) is 2.52. The van der Waals surface area contributed by atoms with E-state index in [0.29, 0.717) is 37.0 Å². The Labute approximate surface area is 226 Å². The van der Waals surface area contributed by atoms with Crippen molar-refractivity contribution in [3.05, 3.63) is 120 Å². The minimum Gasteiger partial charge on any atom is -0.491 e. The fourth-order valence-electron chi connectivity index (χ4n) is 4.36. The van der Waals surface area contributed by atoms with Crippen molar-refractivity contribution in [2.45, 2.75) is 19.2 Å². The molecular weight excluding hydrogens is 497 g/mol. The molecule has 1 N–H and O–H groups in total. The molecule has 39 heavy (non-hydrogen) atoms. The molecule has 0 radical (unpaired) electrons. The van der Waals surface area contributed by atoms with Crippen LogP contribution < -0.4 is 9.47 Å². The average molecular weight is 528 g/mol. The lowest BCUT2D eigenvalue weighted by Gasteiger charge is -2.25. The monoisotopic (exact) mass is 527 g/mol. The molecule has 0 aliphatic rings. The van der Waals surface area contributed by atoms with E-state index in [9.17, 15) is 9.50 Å². The Balaban J connectivity index is 1.44. The summed E-state index contributed by atoms with van der Waals surface area (Å²) < 4.78 is 32.9. The van der Waals surface area contributed by atoms with Gasteiger partial charge in [-0.05, 0) is 48.5 Å². The summed E-state index contributed by atoms with van der Waals surface area (Å²) >= 11 is 0. The van der Waals surface area contributed by atoms with E-state index in [4.69, 9.17) is 19.0 Å². The first-order valence-electron chi connectivity index (χ1n) is 12.7. The van der Waals surface area contributed by atoms with Crippen molar-refractivity contribution >= 4 is 0 Å². The van der Waals surface area contributed by atoms with Crippen LogP contribution in [0.15, 0.2) is 108 Å². The molecule has 5 aromatic rings. The number of benzene rings is 3. The molecular formula is C31H30FN3O4. The van der Waals surface area contributed by atoms with E-state index in [2.05, 4.69) is 4.90 Å². The van der Waals surface area contributed by atoms with Gasteiger partial charge in [0.05, 0.1) is 18.4 Å². The topological polar surface area (TPSA) is 72.9 Å². The molecule has 1 unspecified atom stereocenters. The van der Waals surface area contributed by atoms with Gasteiger partial charge in [-0.3, -0.25) is 4.90 Å². The normalized spacial score (nSPS) is 12.0. The van der Waals surface area contributed by atoms with E-state index in [1.54, 1.807) is 23.1 Å². The van der Waals surface area contributed by atoms with Crippen LogP contribution in [0.1, 0.15) is 11.3 Å². The van der Waals surface area contributed by atoms with E-state index in [1.165, 1.54) is 12.1 Å². The quantitative estimate of drug-likeness (QED) is 0.213. The molecule has 3 aromatic carbocycles. The second-order valence-electron chi connectivity index (χ2n) is 9.20. The Kier molecular flexibility index (Phi) is 8.36. The van der Waals surface area contributed by atoms with E-state index in [-0.39, 0.29) is 12.4 Å². The van der Waals surface area contributed by atoms with Crippen molar-refractivity contribution in [1.82, 2.24) is 14.7 Å². The van der Waals surface area contributed by atoms with Crippen molar-refractivity contribution in [2.75, 3.05) is 13.2 Å². The summed E-state index contributed by atoms with van der Waals surface area (Å²) in [6.45, 7) is 1.30. The maximum Gasteiger partial charge on any atom is 0.222 e. The third kappa shape index (κ3) is 6.93. The van der Waals surface area contributed by atoms with Gasteiger partial charge in [0.15, 0.2) is 0 Å². The molecule has 5 rings (SSSR count). The summed E-state index contributed by atoms with van der Waals surface area (Å²) in [6.07, 6.45) is 0.865. The predicted octanol–water partition coefficient (Wildman–Crippen LogP) is 6.05. The van der Waals surface area contributed by atoms with E-state index < -0.39 is 6.10 Å². The molecule has 0 spiro atoms. The largest absolute Gasteiger partial charge is 0.491 e. The molecule has 2 aromatic heterocycles. The van der Waals surface area contributed by atoms with Gasteiger partial charge in [-0.15, -0.1) is 0 Å². The van der Waals surface area contributed by atoms with Crippen LogP contribution in [0, 0.1) is 5.82 Å². The highest BCUT2D eigenvalue weighted by Crippen LogP contribution is 2.34. The number of aliphatic hydroxyl groups excluding tert-OH is 1. The lowest BCUT2D eigenvalue weighted by atomic mass is 10.1. The van der Waals surface area contributed by atoms with Crippen LogP contribution in [0.3, 0.4) is 0 Å². The SMILES string of the molecule is Cn1nc(-c2ccccc2)c(CN(Cc2ccco2)CC(O)COc2ccccc2)c1Oc1ccc(F)cc1. The van der Waals surface area contributed by atoms with Gasteiger partial charge in [0.2, 0.25) is 5.88 Å². The highest BCUT2D eigenvalue weighted by molar-refractivity contribution is 5.65. The molecule has 0 fully saturated rings. The number of para-hydroxylation sites is 1. The van der Waals surface area contributed by atoms with Crippen molar-refractivity contribution in [3.63, 3.8) is 0 Å². The Morgan fingerprint density at radius 2 is 1.62 bits per heavy atom. The molecule has 7 nitrogen and oxygen atoms in total. The van der Waals surface area contributed by atoms with Gasteiger partial charge in [0.25, 0.3) is 0 Å². The number of nitrogens with zero attached hydrogens (tertiary/aromatic N) is 3. The van der Waals surface area contributed by atoms with Gasteiger partial charge in [-0.25, -0.2) is 9.07 Å². The van der Waals surface area contributed by atoms with Crippen LogP contribution in [0.4, 0.5) is 4.39 Å². The number of rotatable bonds is 12. The van der Waals surface area contributed by atoms with E-state index in [0.717, 1.165) is 22.6 Å². The Bertz CT molecular complexity index is 1440. The van der Waals surface area contributed by atoms with E-state index in [1.807, 2.05) is 79.8 Å². The third-order valence-electron chi connectivity index (χ3n) is 6.16. The predicted molar refractivity (Wildman–Crippen MR) is 146 cm³/mol. The fourth-order valence-corrected chi connectivity index (χ4v) is 4.36. The molecule has 0 aliphatic carbocycles. The average Bonchev–Trinajstić information content (AvgIpc) is 3.58. The zero-order valence-corrected chi connectivity index (χ0v) is 21.6. The Hall–Kier alpha value is -4.40. The Morgan fingerprint density at radius 1 is 0.897 bits per heavy atom. The summed E-state index contributed by atoms with van der Waals surface area (Å²) in [7, 11) is 1.81. The molecule has 0 amide bonds. The van der Waals surface area contributed by atoms with Crippen LogP contribution in [-0.2, 0) is 20.1 Å². The first kappa shape index (κ1) is 26.2. The highest BCUT2D eigenvalue weighted by atomic mass is 19.1. The smallest absolute Gasteiger partial charge is 0.222 e. The molecule has 0 bridgehead atoms. The molecule has 0 saturated heterocycles. The van der Waals surface area contributed by atoms with Crippen LogP contribution >= 0.6 is 0 Å².